The van der Waals surface area contributed by atoms with Crippen molar-refractivity contribution in [3.8, 4) is 11.5 Å². The van der Waals surface area contributed by atoms with Crippen LogP contribution in [0.1, 0.15) is 49.6 Å². The number of hydrogen-bond donors (Lipinski definition) is 1. The summed E-state index contributed by atoms with van der Waals surface area (Å²) in [4.78, 5) is 12.3. The van der Waals surface area contributed by atoms with Gasteiger partial charge < -0.3 is 14.8 Å². The molecule has 29 heavy (non-hydrogen) atoms. The maximum atomic E-state index is 13.0. The fourth-order valence-electron chi connectivity index (χ4n) is 3.00. The number of aromatic nitrogens is 2. The summed E-state index contributed by atoms with van der Waals surface area (Å²) in [6.07, 6.45) is -2.89. The number of alkyl halides is 3. The van der Waals surface area contributed by atoms with Crippen LogP contribution in [0.5, 0.6) is 11.5 Å². The van der Waals surface area contributed by atoms with Crippen molar-refractivity contribution in [2.45, 2.75) is 51.9 Å². The second-order valence-corrected chi connectivity index (χ2v) is 6.81. The topological polar surface area (TPSA) is 65.4 Å². The predicted molar refractivity (Wildman–Crippen MR) is 99.8 cm³/mol. The van der Waals surface area contributed by atoms with Gasteiger partial charge in [-0.1, -0.05) is 6.07 Å². The third kappa shape index (κ3) is 5.42. The average molecular weight is 411 g/mol. The molecule has 1 aromatic heterocycles. The fourth-order valence-corrected chi connectivity index (χ4v) is 3.00. The van der Waals surface area contributed by atoms with Crippen molar-refractivity contribution in [2.75, 3.05) is 13.2 Å². The molecule has 1 fully saturated rings. The quantitative estimate of drug-likeness (QED) is 0.680. The van der Waals surface area contributed by atoms with Crippen molar-refractivity contribution in [2.24, 2.45) is 0 Å². The lowest BCUT2D eigenvalue weighted by Gasteiger charge is -2.13. The summed E-state index contributed by atoms with van der Waals surface area (Å²) in [5, 5.41) is 6.33. The number of benzene rings is 1. The minimum atomic E-state index is -4.52. The van der Waals surface area contributed by atoms with Crippen LogP contribution >= 0.6 is 0 Å². The summed E-state index contributed by atoms with van der Waals surface area (Å²) in [7, 11) is 0. The third-order valence-corrected chi connectivity index (χ3v) is 4.49. The second-order valence-electron chi connectivity index (χ2n) is 6.81. The standard InChI is InChI=1S/C20H24F3N3O3/c1-3-28-16-8-5-13(9-17(16)29-4-2)11-24-19(27)12-26-15(14-6-7-14)10-18(25-26)20(21,22)23/h5,8-10,14H,3-4,6-7,11-12H2,1-2H3,(H,24,27). The largest absolute Gasteiger partial charge is 0.490 e. The molecule has 1 aliphatic rings. The molecule has 0 bridgehead atoms. The molecule has 0 unspecified atom stereocenters. The van der Waals surface area contributed by atoms with Gasteiger partial charge in [-0.15, -0.1) is 0 Å². The molecule has 1 aromatic carbocycles. The van der Waals surface area contributed by atoms with Gasteiger partial charge in [0.05, 0.1) is 13.2 Å². The molecule has 1 N–H and O–H groups in total. The lowest BCUT2D eigenvalue weighted by Crippen LogP contribution is -2.28. The molecule has 3 rings (SSSR count). The molecule has 0 saturated heterocycles. The van der Waals surface area contributed by atoms with E-state index in [0.717, 1.165) is 24.5 Å². The van der Waals surface area contributed by atoms with E-state index in [9.17, 15) is 18.0 Å². The maximum Gasteiger partial charge on any atom is 0.435 e. The van der Waals surface area contributed by atoms with Crippen LogP contribution in [0, 0.1) is 0 Å². The number of halogens is 3. The smallest absolute Gasteiger partial charge is 0.435 e. The lowest BCUT2D eigenvalue weighted by molar-refractivity contribution is -0.141. The Morgan fingerprint density at radius 1 is 1.17 bits per heavy atom. The highest BCUT2D eigenvalue weighted by Gasteiger charge is 2.38. The van der Waals surface area contributed by atoms with Crippen molar-refractivity contribution in [3.05, 3.63) is 41.2 Å². The molecule has 0 spiro atoms. The number of carbonyl (C=O) groups is 1. The summed E-state index contributed by atoms with van der Waals surface area (Å²) in [5.41, 5.74) is 0.302. The molecule has 9 heteroatoms. The minimum absolute atomic E-state index is 0.0475. The number of ether oxygens (including phenoxy) is 2. The van der Waals surface area contributed by atoms with Gasteiger partial charge in [-0.3, -0.25) is 9.48 Å². The van der Waals surface area contributed by atoms with E-state index in [4.69, 9.17) is 9.47 Å². The van der Waals surface area contributed by atoms with Crippen LogP contribution in [-0.2, 0) is 24.1 Å². The molecule has 158 valence electrons. The van der Waals surface area contributed by atoms with Gasteiger partial charge in [0.2, 0.25) is 5.91 Å². The Kier molecular flexibility index (Phi) is 6.34. The second kappa shape index (κ2) is 8.75. The average Bonchev–Trinajstić information content (AvgIpc) is 3.41. The number of amides is 1. The molecule has 1 saturated carbocycles. The Bertz CT molecular complexity index is 860. The molecule has 1 heterocycles. The van der Waals surface area contributed by atoms with E-state index in [0.29, 0.717) is 30.4 Å². The number of nitrogens with zero attached hydrogens (tertiary/aromatic N) is 2. The number of carbonyl (C=O) groups excluding carboxylic acids is 1. The van der Waals surface area contributed by atoms with E-state index >= 15 is 0 Å². The Balaban J connectivity index is 1.64. The molecule has 2 aromatic rings. The zero-order valence-electron chi connectivity index (χ0n) is 16.4. The number of hydrogen-bond acceptors (Lipinski definition) is 4. The van der Waals surface area contributed by atoms with Gasteiger partial charge in [0.1, 0.15) is 6.54 Å². The molecular formula is C20H24F3N3O3. The van der Waals surface area contributed by atoms with Crippen LogP contribution < -0.4 is 14.8 Å². The Morgan fingerprint density at radius 2 is 1.86 bits per heavy atom. The summed E-state index contributed by atoms with van der Waals surface area (Å²) in [5.74, 6) is 0.843. The first-order chi connectivity index (χ1) is 13.8. The predicted octanol–water partition coefficient (Wildman–Crippen LogP) is 3.89. The highest BCUT2D eigenvalue weighted by molar-refractivity contribution is 5.75. The minimum Gasteiger partial charge on any atom is -0.490 e. The molecule has 0 atom stereocenters. The van der Waals surface area contributed by atoms with Crippen LogP contribution in [0.15, 0.2) is 24.3 Å². The molecule has 1 amide bonds. The zero-order chi connectivity index (χ0) is 21.0. The normalized spacial score (nSPS) is 14.0. The van der Waals surface area contributed by atoms with E-state index in [1.165, 1.54) is 4.68 Å². The highest BCUT2D eigenvalue weighted by atomic mass is 19.4. The van der Waals surface area contributed by atoms with E-state index in [-0.39, 0.29) is 19.0 Å². The summed E-state index contributed by atoms with van der Waals surface area (Å²) >= 11 is 0. The Labute approximate surface area is 167 Å². The van der Waals surface area contributed by atoms with Gasteiger partial charge in [0, 0.05) is 18.2 Å². The third-order valence-electron chi connectivity index (χ3n) is 4.49. The van der Waals surface area contributed by atoms with Crippen LogP contribution in [-0.4, -0.2) is 28.9 Å². The van der Waals surface area contributed by atoms with Crippen molar-refractivity contribution in [1.82, 2.24) is 15.1 Å². The Hall–Kier alpha value is -2.71. The molecule has 1 aliphatic carbocycles. The van der Waals surface area contributed by atoms with Crippen molar-refractivity contribution >= 4 is 5.91 Å². The molecular weight excluding hydrogens is 387 g/mol. The molecule has 0 aliphatic heterocycles. The van der Waals surface area contributed by atoms with E-state index in [2.05, 4.69) is 10.4 Å². The van der Waals surface area contributed by atoms with Crippen LogP contribution in [0.3, 0.4) is 0 Å². The van der Waals surface area contributed by atoms with Gasteiger partial charge in [-0.2, -0.15) is 18.3 Å². The van der Waals surface area contributed by atoms with Crippen LogP contribution in [0.25, 0.3) is 0 Å². The van der Waals surface area contributed by atoms with Gasteiger partial charge >= 0.3 is 6.18 Å². The van der Waals surface area contributed by atoms with Crippen molar-refractivity contribution in [1.29, 1.82) is 0 Å². The van der Waals surface area contributed by atoms with E-state index in [1.807, 2.05) is 13.8 Å². The van der Waals surface area contributed by atoms with Gasteiger partial charge in [-0.05, 0) is 50.5 Å². The first kappa shape index (κ1) is 21.0. The first-order valence-corrected chi connectivity index (χ1v) is 9.62. The lowest BCUT2D eigenvalue weighted by atomic mass is 10.2. The maximum absolute atomic E-state index is 13.0. The van der Waals surface area contributed by atoms with Crippen molar-refractivity contribution in [3.63, 3.8) is 0 Å². The first-order valence-electron chi connectivity index (χ1n) is 9.62. The van der Waals surface area contributed by atoms with Crippen LogP contribution in [0.4, 0.5) is 13.2 Å². The zero-order valence-corrected chi connectivity index (χ0v) is 16.4. The highest BCUT2D eigenvalue weighted by Crippen LogP contribution is 2.42. The van der Waals surface area contributed by atoms with Gasteiger partial charge in [0.25, 0.3) is 0 Å². The van der Waals surface area contributed by atoms with E-state index < -0.39 is 17.8 Å². The summed E-state index contributed by atoms with van der Waals surface area (Å²) in [6.45, 7) is 4.68. The van der Waals surface area contributed by atoms with Gasteiger partial charge in [-0.25, -0.2) is 0 Å². The van der Waals surface area contributed by atoms with E-state index in [1.54, 1.807) is 18.2 Å². The van der Waals surface area contributed by atoms with Crippen molar-refractivity contribution < 1.29 is 27.4 Å². The number of nitrogens with one attached hydrogen (secondary N) is 1. The number of rotatable bonds is 9. The summed E-state index contributed by atoms with van der Waals surface area (Å²) in [6, 6.07) is 6.40. The SMILES string of the molecule is CCOc1ccc(CNC(=O)Cn2nc(C(F)(F)F)cc2C2CC2)cc1OCC. The fraction of sp³-hybridized carbons (Fsp3) is 0.500. The monoisotopic (exact) mass is 411 g/mol. The molecule has 0 radical (unpaired) electrons. The Morgan fingerprint density at radius 3 is 2.48 bits per heavy atom. The van der Waals surface area contributed by atoms with Crippen LogP contribution in [0.2, 0.25) is 0 Å². The summed E-state index contributed by atoms with van der Waals surface area (Å²) < 4.78 is 51.1. The molecule has 6 nitrogen and oxygen atoms in total. The van der Waals surface area contributed by atoms with Gasteiger partial charge in [0.15, 0.2) is 17.2 Å².